The molecule has 10 nitrogen and oxygen atoms in total. The van der Waals surface area contributed by atoms with Gasteiger partial charge in [-0.15, -0.1) is 16.9 Å². The van der Waals surface area contributed by atoms with Crippen LogP contribution in [0.4, 0.5) is 10.2 Å². The number of nitrogens with one attached hydrogen (secondary N) is 1. The Morgan fingerprint density at radius 1 is 1.23 bits per heavy atom. The van der Waals surface area contributed by atoms with Gasteiger partial charge in [0.2, 0.25) is 11.6 Å². The number of hydrazone groups is 1. The van der Waals surface area contributed by atoms with Crippen LogP contribution in [0.2, 0.25) is 0 Å². The Balaban J connectivity index is 1.58. The number of carbonyl (C=O) groups is 1. The van der Waals surface area contributed by atoms with E-state index >= 15 is 0 Å². The second-order valence-electron chi connectivity index (χ2n) is 6.13. The van der Waals surface area contributed by atoms with Crippen LogP contribution < -0.4 is 11.2 Å². The lowest BCUT2D eigenvalue weighted by Crippen LogP contribution is -2.20. The number of hydrogen-bond acceptors (Lipinski definition) is 9. The zero-order chi connectivity index (χ0) is 21.6. The van der Waals surface area contributed by atoms with Crippen LogP contribution in [0.25, 0.3) is 5.82 Å². The van der Waals surface area contributed by atoms with E-state index in [0.717, 1.165) is 4.90 Å². The number of aromatic nitrogens is 5. The zero-order valence-corrected chi connectivity index (χ0v) is 16.7. The van der Waals surface area contributed by atoms with Gasteiger partial charge < -0.3 is 5.73 Å². The lowest BCUT2D eigenvalue weighted by molar-refractivity contribution is 0.0949. The lowest BCUT2D eigenvalue weighted by atomic mass is 10.2. The van der Waals surface area contributed by atoms with Crippen molar-refractivity contribution in [1.29, 1.82) is 0 Å². The quantitative estimate of drug-likeness (QED) is 0.255. The van der Waals surface area contributed by atoms with E-state index < -0.39 is 11.7 Å². The summed E-state index contributed by atoms with van der Waals surface area (Å²) in [5.41, 5.74) is 9.09. The Bertz CT molecular complexity index is 1220. The van der Waals surface area contributed by atoms with Gasteiger partial charge >= 0.3 is 0 Å². The van der Waals surface area contributed by atoms with Crippen molar-refractivity contribution in [3.63, 3.8) is 0 Å². The highest BCUT2D eigenvalue weighted by atomic mass is 32.2. The van der Waals surface area contributed by atoms with E-state index in [1.165, 1.54) is 34.8 Å². The standard InChI is InChI=1S/C19H15FN8O2S/c20-13-6-4-5-12(9-13)10-22-24-19(29)16-15(11-31-14-7-2-1-3-8-14)28(27-23-16)18-17(21)25-30-26-18/h1-10H,11H2,(H2,21,25)(H,24,29). The Morgan fingerprint density at radius 3 is 2.81 bits per heavy atom. The molecule has 0 spiro atoms. The summed E-state index contributed by atoms with van der Waals surface area (Å²) in [6, 6.07) is 15.4. The maximum absolute atomic E-state index is 13.3. The minimum absolute atomic E-state index is 0.00643. The van der Waals surface area contributed by atoms with Crippen molar-refractivity contribution in [2.75, 3.05) is 5.73 Å². The molecule has 0 aliphatic carbocycles. The third kappa shape index (κ3) is 4.75. The predicted molar refractivity (Wildman–Crippen MR) is 111 cm³/mol. The molecule has 2 heterocycles. The van der Waals surface area contributed by atoms with E-state index in [0.29, 0.717) is 17.0 Å². The fourth-order valence-electron chi connectivity index (χ4n) is 2.59. The minimum Gasteiger partial charge on any atom is -0.378 e. The van der Waals surface area contributed by atoms with Crippen molar-refractivity contribution in [3.05, 3.63) is 77.4 Å². The average Bonchev–Trinajstić information content (AvgIpc) is 3.38. The van der Waals surface area contributed by atoms with Crippen LogP contribution in [0.1, 0.15) is 21.7 Å². The van der Waals surface area contributed by atoms with Crippen LogP contribution >= 0.6 is 11.8 Å². The van der Waals surface area contributed by atoms with E-state index in [4.69, 9.17) is 5.73 Å². The summed E-state index contributed by atoms with van der Waals surface area (Å²) in [6.45, 7) is 0. The number of benzene rings is 2. The number of halogens is 1. The van der Waals surface area contributed by atoms with Gasteiger partial charge in [0.1, 0.15) is 5.82 Å². The summed E-state index contributed by atoms with van der Waals surface area (Å²) >= 11 is 1.47. The van der Waals surface area contributed by atoms with Gasteiger partial charge in [-0.05, 0) is 40.1 Å². The van der Waals surface area contributed by atoms with Crippen LogP contribution in [0.5, 0.6) is 0 Å². The number of carbonyl (C=O) groups excluding carboxylic acids is 1. The van der Waals surface area contributed by atoms with Gasteiger partial charge in [0, 0.05) is 10.6 Å². The number of hydrogen-bond donors (Lipinski definition) is 2. The summed E-state index contributed by atoms with van der Waals surface area (Å²) in [5.74, 6) is -0.542. The summed E-state index contributed by atoms with van der Waals surface area (Å²) < 4.78 is 19.2. The smallest absolute Gasteiger partial charge is 0.293 e. The Hall–Kier alpha value is -4.06. The van der Waals surface area contributed by atoms with Crippen molar-refractivity contribution < 1.29 is 13.8 Å². The summed E-state index contributed by atoms with van der Waals surface area (Å²) in [4.78, 5) is 13.7. The Kier molecular flexibility index (Phi) is 5.98. The molecule has 0 saturated heterocycles. The molecule has 0 fully saturated rings. The van der Waals surface area contributed by atoms with Crippen molar-refractivity contribution in [2.45, 2.75) is 10.6 Å². The van der Waals surface area contributed by atoms with Crippen molar-refractivity contribution in [1.82, 2.24) is 30.7 Å². The van der Waals surface area contributed by atoms with Gasteiger partial charge in [-0.3, -0.25) is 4.79 Å². The highest BCUT2D eigenvalue weighted by Crippen LogP contribution is 2.25. The predicted octanol–water partition coefficient (Wildman–Crippen LogP) is 2.43. The highest BCUT2D eigenvalue weighted by molar-refractivity contribution is 7.98. The molecular weight excluding hydrogens is 423 g/mol. The first kappa shape index (κ1) is 20.2. The van der Waals surface area contributed by atoms with Gasteiger partial charge in [0.05, 0.1) is 11.9 Å². The molecule has 2 aromatic carbocycles. The first-order valence-corrected chi connectivity index (χ1v) is 9.90. The number of rotatable bonds is 7. The molecule has 1 amide bonds. The normalized spacial score (nSPS) is 11.1. The second-order valence-corrected chi connectivity index (χ2v) is 7.17. The van der Waals surface area contributed by atoms with Gasteiger partial charge in [-0.25, -0.2) is 14.4 Å². The first-order valence-electron chi connectivity index (χ1n) is 8.91. The van der Waals surface area contributed by atoms with E-state index in [1.54, 1.807) is 12.1 Å². The van der Waals surface area contributed by atoms with E-state index in [-0.39, 0.29) is 17.3 Å². The summed E-state index contributed by atoms with van der Waals surface area (Å²) in [6.07, 6.45) is 1.32. The Morgan fingerprint density at radius 2 is 2.06 bits per heavy atom. The lowest BCUT2D eigenvalue weighted by Gasteiger charge is -2.05. The first-order chi connectivity index (χ1) is 15.1. The highest BCUT2D eigenvalue weighted by Gasteiger charge is 2.24. The fraction of sp³-hybridized carbons (Fsp3) is 0.0526. The molecule has 0 aliphatic rings. The van der Waals surface area contributed by atoms with Crippen LogP contribution in [-0.4, -0.2) is 37.4 Å². The van der Waals surface area contributed by atoms with Crippen molar-refractivity contribution in [2.24, 2.45) is 5.10 Å². The molecule has 156 valence electrons. The number of nitrogens with two attached hydrogens (primary N) is 1. The van der Waals surface area contributed by atoms with Gasteiger partial charge in [-0.1, -0.05) is 35.5 Å². The van der Waals surface area contributed by atoms with E-state index in [1.807, 2.05) is 30.3 Å². The molecule has 12 heteroatoms. The minimum atomic E-state index is -0.599. The molecule has 0 saturated carbocycles. The van der Waals surface area contributed by atoms with Crippen LogP contribution in [0, 0.1) is 5.82 Å². The number of nitrogen functional groups attached to an aromatic ring is 1. The second kappa shape index (κ2) is 9.17. The number of nitrogens with zero attached hydrogens (tertiary/aromatic N) is 6. The molecular formula is C19H15FN8O2S. The maximum Gasteiger partial charge on any atom is 0.293 e. The van der Waals surface area contributed by atoms with Gasteiger partial charge in [0.15, 0.2) is 5.69 Å². The van der Waals surface area contributed by atoms with Crippen LogP contribution in [0.15, 0.2) is 69.2 Å². The molecule has 3 N–H and O–H groups in total. The van der Waals surface area contributed by atoms with Crippen molar-refractivity contribution in [3.8, 4) is 5.82 Å². The van der Waals surface area contributed by atoms with Crippen molar-refractivity contribution >= 4 is 29.7 Å². The molecule has 4 rings (SSSR count). The van der Waals surface area contributed by atoms with Gasteiger partial charge in [-0.2, -0.15) is 9.78 Å². The number of thioether (sulfide) groups is 1. The van der Waals surface area contributed by atoms with E-state index in [9.17, 15) is 9.18 Å². The topological polar surface area (TPSA) is 137 Å². The largest absolute Gasteiger partial charge is 0.378 e. The molecule has 2 aromatic heterocycles. The third-order valence-electron chi connectivity index (χ3n) is 4.02. The molecule has 31 heavy (non-hydrogen) atoms. The molecule has 0 bridgehead atoms. The monoisotopic (exact) mass is 438 g/mol. The number of anilines is 1. The molecule has 0 unspecified atom stereocenters. The van der Waals surface area contributed by atoms with Gasteiger partial charge in [0.25, 0.3) is 5.91 Å². The fourth-order valence-corrected chi connectivity index (χ4v) is 3.50. The zero-order valence-electron chi connectivity index (χ0n) is 15.8. The average molecular weight is 438 g/mol. The summed E-state index contributed by atoms with van der Waals surface area (Å²) in [7, 11) is 0. The van der Waals surface area contributed by atoms with E-state index in [2.05, 4.69) is 35.8 Å². The molecule has 0 atom stereocenters. The molecule has 0 radical (unpaired) electrons. The van der Waals surface area contributed by atoms with Crippen LogP contribution in [-0.2, 0) is 5.75 Å². The number of amides is 1. The maximum atomic E-state index is 13.3. The molecule has 0 aliphatic heterocycles. The van der Waals surface area contributed by atoms with Crippen LogP contribution in [0.3, 0.4) is 0 Å². The Labute approximate surface area is 179 Å². The third-order valence-corrected chi connectivity index (χ3v) is 5.04. The molecule has 4 aromatic rings. The summed E-state index contributed by atoms with van der Waals surface area (Å²) in [5, 5.41) is 19.1. The SMILES string of the molecule is Nc1nonc1-n1nnc(C(=O)NN=Cc2cccc(F)c2)c1CSc1ccccc1.